The number of amides is 1. The molecular weight excluding hydrogens is 367 g/mol. The Kier molecular flexibility index (Phi) is 11.9. The topological polar surface area (TPSA) is 70.7 Å². The average Bonchev–Trinajstić information content (AvgIpc) is 2.60. The van der Waals surface area contributed by atoms with E-state index in [4.69, 9.17) is 5.73 Å². The van der Waals surface area contributed by atoms with E-state index in [9.17, 15) is 4.79 Å². The van der Waals surface area contributed by atoms with Crippen LogP contribution >= 0.6 is 24.0 Å². The van der Waals surface area contributed by atoms with E-state index in [-0.39, 0.29) is 24.0 Å². The highest BCUT2D eigenvalue weighted by Gasteiger charge is 2.15. The second-order valence-corrected chi connectivity index (χ2v) is 5.09. The third-order valence-electron chi connectivity index (χ3n) is 3.38. The van der Waals surface area contributed by atoms with Crippen molar-refractivity contribution in [1.29, 1.82) is 0 Å². The fourth-order valence-corrected chi connectivity index (χ4v) is 2.19. The second kappa shape index (κ2) is 12.2. The molecule has 0 saturated carbocycles. The van der Waals surface area contributed by atoms with Gasteiger partial charge in [0.1, 0.15) is 0 Å². The summed E-state index contributed by atoms with van der Waals surface area (Å²) in [5.74, 6) is 0.825. The Morgan fingerprint density at radius 3 is 2.90 bits per heavy atom. The number of nitrogens with two attached hydrogens (primary N) is 1. The summed E-state index contributed by atoms with van der Waals surface area (Å²) in [6, 6.07) is 0. The Morgan fingerprint density at radius 2 is 2.15 bits per heavy atom. The number of rotatable bonds is 7. The van der Waals surface area contributed by atoms with Crippen LogP contribution in [0.4, 0.5) is 0 Å². The maximum atomic E-state index is 11.8. The minimum absolute atomic E-state index is 0. The van der Waals surface area contributed by atoms with Crippen LogP contribution in [0.15, 0.2) is 4.99 Å². The smallest absolute Gasteiger partial charge is 0.222 e. The zero-order valence-corrected chi connectivity index (χ0v) is 14.9. The highest BCUT2D eigenvalue weighted by molar-refractivity contribution is 14.0. The average molecular weight is 396 g/mol. The fraction of sp³-hybridized carbons (Fsp3) is 0.857. The van der Waals surface area contributed by atoms with Crippen LogP contribution < -0.4 is 11.1 Å². The Labute approximate surface area is 139 Å². The predicted molar refractivity (Wildman–Crippen MR) is 94.5 cm³/mol. The van der Waals surface area contributed by atoms with Gasteiger partial charge in [-0.25, -0.2) is 0 Å². The van der Waals surface area contributed by atoms with Crippen LogP contribution in [0.5, 0.6) is 0 Å². The number of nitrogens with zero attached hydrogens (tertiary/aromatic N) is 2. The zero-order chi connectivity index (χ0) is 13.9. The Morgan fingerprint density at radius 1 is 1.35 bits per heavy atom. The summed E-state index contributed by atoms with van der Waals surface area (Å²) in [7, 11) is 0. The molecule has 1 fully saturated rings. The second-order valence-electron chi connectivity index (χ2n) is 5.09. The molecule has 1 amide bonds. The number of likely N-dealkylation sites (tertiary alicyclic amines) is 1. The Bertz CT molecular complexity index is 297. The van der Waals surface area contributed by atoms with E-state index in [1.807, 2.05) is 4.90 Å². The Balaban J connectivity index is 0.00000361. The summed E-state index contributed by atoms with van der Waals surface area (Å²) in [6.45, 7) is 5.44. The monoisotopic (exact) mass is 396 g/mol. The summed E-state index contributed by atoms with van der Waals surface area (Å²) in [5.41, 5.74) is 5.74. The van der Waals surface area contributed by atoms with E-state index in [2.05, 4.69) is 17.2 Å². The highest BCUT2D eigenvalue weighted by atomic mass is 127. The number of halogens is 1. The van der Waals surface area contributed by atoms with Crippen LogP contribution in [0.3, 0.4) is 0 Å². The quantitative estimate of drug-likeness (QED) is 0.300. The lowest BCUT2D eigenvalue weighted by Gasteiger charge is -2.19. The molecule has 1 aliphatic rings. The van der Waals surface area contributed by atoms with Crippen molar-refractivity contribution in [2.45, 2.75) is 51.9 Å². The lowest BCUT2D eigenvalue weighted by molar-refractivity contribution is -0.130. The SMILES string of the molecule is CCCCNC(N)=NCCCN1CCCCCC1=O.I. The number of carbonyl (C=O) groups is 1. The minimum Gasteiger partial charge on any atom is -0.370 e. The molecule has 5 nitrogen and oxygen atoms in total. The molecule has 1 heterocycles. The van der Waals surface area contributed by atoms with Crippen LogP contribution in [-0.4, -0.2) is 42.9 Å². The summed E-state index contributed by atoms with van der Waals surface area (Å²) in [6.07, 6.45) is 7.22. The summed E-state index contributed by atoms with van der Waals surface area (Å²) < 4.78 is 0. The summed E-state index contributed by atoms with van der Waals surface area (Å²) in [4.78, 5) is 18.0. The molecule has 0 aromatic rings. The first-order chi connectivity index (χ1) is 9.24. The number of hydrogen-bond donors (Lipinski definition) is 2. The number of nitrogens with one attached hydrogen (secondary N) is 1. The van der Waals surface area contributed by atoms with Crippen LogP contribution in [0.1, 0.15) is 51.9 Å². The molecule has 0 atom stereocenters. The van der Waals surface area contributed by atoms with Gasteiger partial charge in [-0.3, -0.25) is 9.79 Å². The van der Waals surface area contributed by atoms with Gasteiger partial charge in [-0.05, 0) is 25.7 Å². The van der Waals surface area contributed by atoms with Crippen molar-refractivity contribution in [2.24, 2.45) is 10.7 Å². The maximum absolute atomic E-state index is 11.8. The third-order valence-corrected chi connectivity index (χ3v) is 3.38. The van der Waals surface area contributed by atoms with Crippen molar-refractivity contribution >= 4 is 35.8 Å². The first-order valence-electron chi connectivity index (χ1n) is 7.55. The van der Waals surface area contributed by atoms with E-state index < -0.39 is 0 Å². The molecule has 0 spiro atoms. The normalized spacial score (nSPS) is 16.6. The van der Waals surface area contributed by atoms with Gasteiger partial charge in [-0.15, -0.1) is 24.0 Å². The number of unbranched alkanes of at least 4 members (excludes halogenated alkanes) is 1. The number of carbonyl (C=O) groups excluding carboxylic acids is 1. The molecule has 0 aromatic carbocycles. The summed E-state index contributed by atoms with van der Waals surface area (Å²) >= 11 is 0. The van der Waals surface area contributed by atoms with Crippen molar-refractivity contribution in [3.05, 3.63) is 0 Å². The lowest BCUT2D eigenvalue weighted by Crippen LogP contribution is -2.33. The van der Waals surface area contributed by atoms with Crippen molar-refractivity contribution < 1.29 is 4.79 Å². The molecule has 6 heteroatoms. The van der Waals surface area contributed by atoms with Crippen molar-refractivity contribution in [1.82, 2.24) is 10.2 Å². The van der Waals surface area contributed by atoms with Gasteiger partial charge in [0.25, 0.3) is 0 Å². The summed E-state index contributed by atoms with van der Waals surface area (Å²) in [5, 5.41) is 3.09. The first-order valence-corrected chi connectivity index (χ1v) is 7.55. The van der Waals surface area contributed by atoms with Crippen LogP contribution in [0.2, 0.25) is 0 Å². The standard InChI is InChI=1S/C14H28N4O.HI/c1-2-3-9-16-14(15)17-10-7-12-18-11-6-4-5-8-13(18)19;/h2-12H2,1H3,(H3,15,16,17);1H. The van der Waals surface area contributed by atoms with Gasteiger partial charge in [0.2, 0.25) is 5.91 Å². The number of guanidine groups is 1. The lowest BCUT2D eigenvalue weighted by atomic mass is 10.2. The van der Waals surface area contributed by atoms with Gasteiger partial charge in [0.15, 0.2) is 5.96 Å². The molecule has 1 rings (SSSR count). The van der Waals surface area contributed by atoms with Crippen LogP contribution in [0.25, 0.3) is 0 Å². The fourth-order valence-electron chi connectivity index (χ4n) is 2.19. The van der Waals surface area contributed by atoms with E-state index in [0.29, 0.717) is 24.8 Å². The molecule has 118 valence electrons. The third kappa shape index (κ3) is 8.60. The molecule has 20 heavy (non-hydrogen) atoms. The van der Waals surface area contributed by atoms with E-state index in [0.717, 1.165) is 51.7 Å². The largest absolute Gasteiger partial charge is 0.370 e. The maximum Gasteiger partial charge on any atom is 0.222 e. The van der Waals surface area contributed by atoms with Gasteiger partial charge in [0.05, 0.1) is 0 Å². The van der Waals surface area contributed by atoms with Crippen LogP contribution in [-0.2, 0) is 4.79 Å². The van der Waals surface area contributed by atoms with Gasteiger partial charge in [-0.1, -0.05) is 19.8 Å². The molecule has 3 N–H and O–H groups in total. The van der Waals surface area contributed by atoms with Gasteiger partial charge < -0.3 is 16.0 Å². The van der Waals surface area contributed by atoms with E-state index in [1.165, 1.54) is 6.42 Å². The van der Waals surface area contributed by atoms with Crippen LogP contribution in [0, 0.1) is 0 Å². The predicted octanol–water partition coefficient (Wildman–Crippen LogP) is 2.10. The van der Waals surface area contributed by atoms with Crippen molar-refractivity contribution in [3.8, 4) is 0 Å². The van der Waals surface area contributed by atoms with Crippen molar-refractivity contribution in [3.63, 3.8) is 0 Å². The van der Waals surface area contributed by atoms with Crippen molar-refractivity contribution in [2.75, 3.05) is 26.2 Å². The first kappa shape index (κ1) is 19.5. The molecule has 1 saturated heterocycles. The number of hydrogen-bond acceptors (Lipinski definition) is 2. The number of aliphatic imine (C=N–C) groups is 1. The van der Waals surface area contributed by atoms with E-state index >= 15 is 0 Å². The minimum atomic E-state index is 0. The molecule has 0 bridgehead atoms. The molecule has 0 aromatic heterocycles. The van der Waals surface area contributed by atoms with Gasteiger partial charge in [0, 0.05) is 32.6 Å². The molecule has 0 unspecified atom stereocenters. The molecule has 0 radical (unpaired) electrons. The molecular formula is C14H29IN4O. The zero-order valence-electron chi connectivity index (χ0n) is 12.6. The van der Waals surface area contributed by atoms with Gasteiger partial charge >= 0.3 is 0 Å². The molecule has 0 aliphatic carbocycles. The van der Waals surface area contributed by atoms with E-state index in [1.54, 1.807) is 0 Å². The van der Waals surface area contributed by atoms with Gasteiger partial charge in [-0.2, -0.15) is 0 Å². The Hall–Kier alpha value is -0.530. The highest BCUT2D eigenvalue weighted by Crippen LogP contribution is 2.11. The molecule has 1 aliphatic heterocycles.